The first-order valence-corrected chi connectivity index (χ1v) is 11.2. The Labute approximate surface area is 192 Å². The molecule has 4 rings (SSSR count). The highest BCUT2D eigenvalue weighted by atomic mass is 16.5. The van der Waals surface area contributed by atoms with E-state index in [9.17, 15) is 5.11 Å². The van der Waals surface area contributed by atoms with Crippen LogP contribution in [0, 0.1) is 5.92 Å². The lowest BCUT2D eigenvalue weighted by Gasteiger charge is -2.30. The smallest absolute Gasteiger partial charge is 0.230 e. The largest absolute Gasteiger partial charge is 0.493 e. The summed E-state index contributed by atoms with van der Waals surface area (Å²) in [5.41, 5.74) is 3.29. The summed E-state index contributed by atoms with van der Waals surface area (Å²) < 4.78 is 17.5. The fraction of sp³-hybridized carbons (Fsp3) is 0.417. The summed E-state index contributed by atoms with van der Waals surface area (Å²) in [5, 5.41) is 19.1. The number of nitrogens with one attached hydrogen (secondary N) is 1. The zero-order valence-corrected chi connectivity index (χ0v) is 18.7. The second-order valence-electron chi connectivity index (χ2n) is 8.11. The Morgan fingerprint density at radius 2 is 1.97 bits per heavy atom. The minimum atomic E-state index is 0.290. The minimum Gasteiger partial charge on any atom is -0.493 e. The minimum absolute atomic E-state index is 0.290. The van der Waals surface area contributed by atoms with Crippen molar-refractivity contribution in [2.75, 3.05) is 45.4 Å². The average Bonchev–Trinajstić information content (AvgIpc) is 2.87. The molecule has 9 nitrogen and oxygen atoms in total. The van der Waals surface area contributed by atoms with E-state index in [0.717, 1.165) is 38.9 Å². The first-order chi connectivity index (χ1) is 16.2. The molecule has 0 spiro atoms. The number of hydrogen-bond acceptors (Lipinski definition) is 9. The summed E-state index contributed by atoms with van der Waals surface area (Å²) in [5.74, 6) is 2.56. The van der Waals surface area contributed by atoms with Gasteiger partial charge in [0.05, 0.1) is 30.3 Å². The van der Waals surface area contributed by atoms with E-state index in [-0.39, 0.29) is 6.61 Å². The summed E-state index contributed by atoms with van der Waals surface area (Å²) in [6.07, 6.45) is 4.43. The van der Waals surface area contributed by atoms with Gasteiger partial charge >= 0.3 is 0 Å². The van der Waals surface area contributed by atoms with Gasteiger partial charge in [0.2, 0.25) is 5.88 Å². The van der Waals surface area contributed by atoms with Crippen molar-refractivity contribution in [3.05, 3.63) is 42.7 Å². The number of aromatic nitrogens is 2. The zero-order chi connectivity index (χ0) is 23.0. The molecule has 0 bridgehead atoms. The molecule has 176 valence electrons. The number of benzene rings is 2. The van der Waals surface area contributed by atoms with Gasteiger partial charge in [-0.05, 0) is 56.5 Å². The topological polar surface area (TPSA) is 109 Å². The lowest BCUT2D eigenvalue weighted by Crippen LogP contribution is -2.35. The van der Waals surface area contributed by atoms with E-state index < -0.39 is 0 Å². The molecule has 0 saturated carbocycles. The van der Waals surface area contributed by atoms with Gasteiger partial charge in [0, 0.05) is 25.3 Å². The highest BCUT2D eigenvalue weighted by Crippen LogP contribution is 2.36. The number of methoxy groups -OCH3 is 1. The van der Waals surface area contributed by atoms with Gasteiger partial charge in [-0.1, -0.05) is 6.07 Å². The van der Waals surface area contributed by atoms with Crippen molar-refractivity contribution in [2.24, 2.45) is 5.92 Å². The lowest BCUT2D eigenvalue weighted by molar-refractivity contribution is 0.126. The molecule has 33 heavy (non-hydrogen) atoms. The Hall–Kier alpha value is -3.14. The second kappa shape index (κ2) is 11.1. The average molecular weight is 455 g/mol. The van der Waals surface area contributed by atoms with Crippen LogP contribution in [0.5, 0.6) is 23.1 Å². The number of anilines is 1. The predicted molar refractivity (Wildman–Crippen MR) is 124 cm³/mol. The van der Waals surface area contributed by atoms with Gasteiger partial charge in [-0.25, -0.2) is 9.97 Å². The van der Waals surface area contributed by atoms with E-state index in [4.69, 9.17) is 19.4 Å². The third-order valence-corrected chi connectivity index (χ3v) is 5.90. The highest BCUT2D eigenvalue weighted by Gasteiger charge is 2.18. The van der Waals surface area contributed by atoms with Crippen LogP contribution >= 0.6 is 0 Å². The molecule has 3 aromatic rings. The van der Waals surface area contributed by atoms with Gasteiger partial charge in [-0.2, -0.15) is 0 Å². The standard InChI is InChI=1S/C24H30N4O5/c1-31-22-14-21-20(24(26-16-25-21)33-19-5-2-4-18(12-19)27-30)13-23(22)32-11-3-8-28-9-6-17(15-29)7-10-28/h2,4-5,12-14,16-17,27,29-30H,3,6-11,15H2,1H3. The number of likely N-dealkylation sites (tertiary alicyclic amines) is 1. The number of ether oxygens (including phenoxy) is 3. The molecule has 1 aliphatic heterocycles. The van der Waals surface area contributed by atoms with Crippen molar-refractivity contribution in [1.82, 2.24) is 14.9 Å². The quantitative estimate of drug-likeness (QED) is 0.312. The fourth-order valence-corrected chi connectivity index (χ4v) is 4.00. The number of fused-ring (bicyclic) bond motifs is 1. The van der Waals surface area contributed by atoms with Gasteiger partial charge in [0.1, 0.15) is 12.1 Å². The maximum atomic E-state index is 9.29. The monoisotopic (exact) mass is 454 g/mol. The molecule has 1 aliphatic rings. The number of nitrogens with zero attached hydrogens (tertiary/aromatic N) is 3. The van der Waals surface area contributed by atoms with Gasteiger partial charge in [0.25, 0.3) is 0 Å². The van der Waals surface area contributed by atoms with Gasteiger partial charge in [-0.3, -0.25) is 10.7 Å². The normalized spacial score (nSPS) is 14.9. The zero-order valence-electron chi connectivity index (χ0n) is 18.7. The van der Waals surface area contributed by atoms with Crippen molar-refractivity contribution in [1.29, 1.82) is 0 Å². The van der Waals surface area contributed by atoms with Crippen LogP contribution in [-0.2, 0) is 0 Å². The molecule has 3 N–H and O–H groups in total. The van der Waals surface area contributed by atoms with E-state index in [2.05, 4.69) is 20.3 Å². The van der Waals surface area contributed by atoms with Crippen molar-refractivity contribution in [3.63, 3.8) is 0 Å². The third-order valence-electron chi connectivity index (χ3n) is 5.90. The molecule has 1 aromatic heterocycles. The maximum Gasteiger partial charge on any atom is 0.230 e. The molecule has 1 fully saturated rings. The number of aliphatic hydroxyl groups excluding tert-OH is 1. The predicted octanol–water partition coefficient (Wildman–Crippen LogP) is 3.71. The molecule has 1 saturated heterocycles. The number of rotatable bonds is 10. The fourth-order valence-electron chi connectivity index (χ4n) is 4.00. The number of piperidine rings is 1. The van der Waals surface area contributed by atoms with Crippen LogP contribution in [0.3, 0.4) is 0 Å². The summed E-state index contributed by atoms with van der Waals surface area (Å²) in [6, 6.07) is 10.6. The van der Waals surface area contributed by atoms with Crippen LogP contribution in [0.15, 0.2) is 42.7 Å². The van der Waals surface area contributed by atoms with Crippen molar-refractivity contribution < 1.29 is 24.5 Å². The first kappa shape index (κ1) is 23.0. The lowest BCUT2D eigenvalue weighted by atomic mass is 9.98. The molecule has 0 atom stereocenters. The van der Waals surface area contributed by atoms with Crippen LogP contribution in [0.25, 0.3) is 10.9 Å². The van der Waals surface area contributed by atoms with E-state index in [0.29, 0.717) is 52.2 Å². The van der Waals surface area contributed by atoms with Crippen LogP contribution in [0.4, 0.5) is 5.69 Å². The Kier molecular flexibility index (Phi) is 7.77. The highest BCUT2D eigenvalue weighted by molar-refractivity contribution is 5.87. The molecule has 0 unspecified atom stereocenters. The van der Waals surface area contributed by atoms with Crippen molar-refractivity contribution >= 4 is 16.6 Å². The second-order valence-corrected chi connectivity index (χ2v) is 8.11. The Morgan fingerprint density at radius 3 is 2.73 bits per heavy atom. The molecule has 2 heterocycles. The summed E-state index contributed by atoms with van der Waals surface area (Å²) in [7, 11) is 1.60. The van der Waals surface area contributed by atoms with Crippen molar-refractivity contribution in [3.8, 4) is 23.1 Å². The first-order valence-electron chi connectivity index (χ1n) is 11.2. The van der Waals surface area contributed by atoms with Gasteiger partial charge in [-0.15, -0.1) is 0 Å². The van der Waals surface area contributed by atoms with Crippen molar-refractivity contribution in [2.45, 2.75) is 19.3 Å². The van der Waals surface area contributed by atoms with E-state index >= 15 is 0 Å². The maximum absolute atomic E-state index is 9.29. The molecule has 0 radical (unpaired) electrons. The number of aliphatic hydroxyl groups is 1. The Balaban J connectivity index is 1.44. The molecule has 0 amide bonds. The van der Waals surface area contributed by atoms with Crippen LogP contribution in [0.1, 0.15) is 19.3 Å². The summed E-state index contributed by atoms with van der Waals surface area (Å²) in [4.78, 5) is 11.0. The summed E-state index contributed by atoms with van der Waals surface area (Å²) >= 11 is 0. The third kappa shape index (κ3) is 5.81. The molecule has 2 aromatic carbocycles. The molecular formula is C24H30N4O5. The molecule has 9 heteroatoms. The van der Waals surface area contributed by atoms with Crippen LogP contribution in [-0.4, -0.2) is 65.1 Å². The Bertz CT molecular complexity index is 1060. The van der Waals surface area contributed by atoms with Crippen LogP contribution < -0.4 is 19.7 Å². The summed E-state index contributed by atoms with van der Waals surface area (Å²) in [6.45, 7) is 3.85. The molecule has 0 aliphatic carbocycles. The van der Waals surface area contributed by atoms with E-state index in [1.807, 2.05) is 12.1 Å². The number of hydrogen-bond donors (Lipinski definition) is 3. The van der Waals surface area contributed by atoms with Gasteiger partial charge < -0.3 is 24.2 Å². The molecular weight excluding hydrogens is 424 g/mol. The SMILES string of the molecule is COc1cc2ncnc(Oc3cccc(NO)c3)c2cc1OCCCN1CCC(CO)CC1. The Morgan fingerprint density at radius 1 is 1.12 bits per heavy atom. The van der Waals surface area contributed by atoms with Crippen LogP contribution in [0.2, 0.25) is 0 Å². The van der Waals surface area contributed by atoms with Gasteiger partial charge in [0.15, 0.2) is 11.5 Å². The van der Waals surface area contributed by atoms with E-state index in [1.165, 1.54) is 6.33 Å². The van der Waals surface area contributed by atoms with E-state index in [1.54, 1.807) is 31.4 Å².